The molecule has 0 radical (unpaired) electrons. The van der Waals surface area contributed by atoms with Gasteiger partial charge in [-0.2, -0.15) is 0 Å². The van der Waals surface area contributed by atoms with E-state index in [4.69, 9.17) is 18.9 Å². The molecule has 2 aliphatic heterocycles. The molecular formula is C42H72O11. The average molecular weight is 753 g/mol. The van der Waals surface area contributed by atoms with Crippen LogP contribution in [0.15, 0.2) is 0 Å². The fourth-order valence-electron chi connectivity index (χ4n) is 14.7. The third-order valence-corrected chi connectivity index (χ3v) is 17.9. The van der Waals surface area contributed by atoms with E-state index in [0.29, 0.717) is 42.1 Å². The molecule has 0 amide bonds. The minimum Gasteiger partial charge on any atom is -0.394 e. The molecule has 0 aromatic carbocycles. The van der Waals surface area contributed by atoms with Gasteiger partial charge in [0.1, 0.15) is 42.7 Å². The van der Waals surface area contributed by atoms with Crippen LogP contribution in [-0.2, 0) is 18.9 Å². The second-order valence-electron chi connectivity index (χ2n) is 20.7. The van der Waals surface area contributed by atoms with E-state index in [9.17, 15) is 35.7 Å². The summed E-state index contributed by atoms with van der Waals surface area (Å²) < 4.78 is 24.8. The molecule has 306 valence electrons. The molecule has 7 aliphatic rings. The Morgan fingerprint density at radius 2 is 1.34 bits per heavy atom. The molecule has 5 saturated carbocycles. The van der Waals surface area contributed by atoms with Crippen LogP contribution in [0, 0.1) is 62.6 Å². The Hall–Kier alpha value is -0.440. The zero-order chi connectivity index (χ0) is 38.6. The van der Waals surface area contributed by atoms with Crippen molar-refractivity contribution in [1.82, 2.24) is 0 Å². The first-order chi connectivity index (χ1) is 24.8. The van der Waals surface area contributed by atoms with Crippen molar-refractivity contribution in [2.24, 2.45) is 62.6 Å². The van der Waals surface area contributed by atoms with Gasteiger partial charge in [-0.15, -0.1) is 0 Å². The van der Waals surface area contributed by atoms with Gasteiger partial charge in [0.2, 0.25) is 0 Å². The summed E-state index contributed by atoms with van der Waals surface area (Å²) in [4.78, 5) is 0. The van der Waals surface area contributed by atoms with Crippen LogP contribution in [-0.4, -0.2) is 116 Å². The number of fused-ring (bicyclic) bond motifs is 7. The molecular weight excluding hydrogens is 680 g/mol. The monoisotopic (exact) mass is 753 g/mol. The van der Waals surface area contributed by atoms with Gasteiger partial charge in [-0.1, -0.05) is 48.5 Å². The lowest BCUT2D eigenvalue weighted by molar-refractivity contribution is -0.327. The van der Waals surface area contributed by atoms with E-state index in [-0.39, 0.29) is 33.2 Å². The van der Waals surface area contributed by atoms with Gasteiger partial charge in [0.25, 0.3) is 0 Å². The predicted octanol–water partition coefficient (Wildman–Crippen LogP) is 3.75. The van der Waals surface area contributed by atoms with Crippen molar-refractivity contribution in [3.05, 3.63) is 0 Å². The first-order valence-corrected chi connectivity index (χ1v) is 21.0. The van der Waals surface area contributed by atoms with Gasteiger partial charge in [0.15, 0.2) is 12.6 Å². The van der Waals surface area contributed by atoms with Crippen molar-refractivity contribution >= 4 is 0 Å². The third kappa shape index (κ3) is 6.06. The van der Waals surface area contributed by atoms with Crippen LogP contribution in [0.1, 0.15) is 120 Å². The number of aliphatic hydroxyl groups excluding tert-OH is 7. The molecule has 11 heteroatoms. The molecule has 2 saturated heterocycles. The van der Waals surface area contributed by atoms with Gasteiger partial charge in [-0.25, -0.2) is 0 Å². The zero-order valence-corrected chi connectivity index (χ0v) is 33.6. The SMILES string of the molecule is CC(C)[C@@H]1CC[C@]2(CO[C@@H]3O[C@H](CO)[C@@H](O)[C@H](O)[C@H]3O)CC[C@]3(C)[C@H](CC[C@@H]4[C@@]5(C)CC[C@H](O[C@@H]6O[C@@H](C)[C@H](O)[C@@H](O)[C@H]6O)C(C)(C)[C@@H]5CC[C@]43C)[C@@H]12. The molecule has 0 spiro atoms. The lowest BCUT2D eigenvalue weighted by Gasteiger charge is -2.73. The van der Waals surface area contributed by atoms with E-state index in [0.717, 1.165) is 51.4 Å². The van der Waals surface area contributed by atoms with Crippen LogP contribution in [0.3, 0.4) is 0 Å². The molecule has 2 heterocycles. The molecule has 7 rings (SSSR count). The Balaban J connectivity index is 1.12. The highest BCUT2D eigenvalue weighted by atomic mass is 16.7. The molecule has 53 heavy (non-hydrogen) atoms. The van der Waals surface area contributed by atoms with Gasteiger partial charge in [0.05, 0.1) is 25.4 Å². The quantitative estimate of drug-likeness (QED) is 0.189. The van der Waals surface area contributed by atoms with Crippen molar-refractivity contribution in [3.8, 4) is 0 Å². The molecule has 20 atom stereocenters. The number of aliphatic hydroxyl groups is 7. The van der Waals surface area contributed by atoms with Gasteiger partial charge >= 0.3 is 0 Å². The lowest BCUT2D eigenvalue weighted by atomic mass is 9.32. The van der Waals surface area contributed by atoms with Crippen LogP contribution < -0.4 is 0 Å². The van der Waals surface area contributed by atoms with Crippen LogP contribution in [0.5, 0.6) is 0 Å². The van der Waals surface area contributed by atoms with Gasteiger partial charge in [-0.05, 0) is 134 Å². The highest BCUT2D eigenvalue weighted by molar-refractivity contribution is 5.19. The Morgan fingerprint density at radius 1 is 0.660 bits per heavy atom. The second-order valence-corrected chi connectivity index (χ2v) is 20.7. The Morgan fingerprint density at radius 3 is 2.02 bits per heavy atom. The van der Waals surface area contributed by atoms with Crippen LogP contribution >= 0.6 is 0 Å². The Kier molecular flexibility index (Phi) is 10.9. The molecule has 0 bridgehead atoms. The van der Waals surface area contributed by atoms with Crippen molar-refractivity contribution < 1.29 is 54.7 Å². The van der Waals surface area contributed by atoms with Gasteiger partial charge < -0.3 is 54.7 Å². The molecule has 5 aliphatic carbocycles. The van der Waals surface area contributed by atoms with E-state index < -0.39 is 68.0 Å². The summed E-state index contributed by atoms with van der Waals surface area (Å²) in [6.45, 7) is 18.9. The number of hydrogen-bond acceptors (Lipinski definition) is 11. The summed E-state index contributed by atoms with van der Waals surface area (Å²) >= 11 is 0. The van der Waals surface area contributed by atoms with E-state index in [1.807, 2.05) is 0 Å². The van der Waals surface area contributed by atoms with Gasteiger partial charge in [-0.3, -0.25) is 0 Å². The summed E-state index contributed by atoms with van der Waals surface area (Å²) in [5.74, 6) is 3.08. The standard InChI is InChI=1S/C42H72O11/c1-21(2)23-11-16-42(20-50-36-34(48)33(47)31(45)25(19-43)52-36)18-17-40(7)24(29(23)42)9-10-27-39(6)14-13-28(38(4,5)26(39)12-15-41(27,40)8)53-37-35(49)32(46)30(44)22(3)51-37/h21-37,43-49H,9-20H2,1-8H3/t22-,23-,24+,25+,26-,27+,28-,29+,30-,31+,32+,33-,34+,35+,36+,37-,39-,40+,41+,42+/m0/s1. The maximum Gasteiger partial charge on any atom is 0.186 e. The molecule has 7 N–H and O–H groups in total. The first kappa shape index (κ1) is 40.7. The topological polar surface area (TPSA) is 179 Å². The maximum atomic E-state index is 10.8. The van der Waals surface area contributed by atoms with Crippen LogP contribution in [0.25, 0.3) is 0 Å². The lowest BCUT2D eigenvalue weighted by Crippen LogP contribution is -2.67. The van der Waals surface area contributed by atoms with Crippen molar-refractivity contribution in [2.75, 3.05) is 13.2 Å². The summed E-state index contributed by atoms with van der Waals surface area (Å²) in [5.41, 5.74) is 0.165. The third-order valence-electron chi connectivity index (χ3n) is 17.9. The second kappa shape index (κ2) is 14.1. The number of ether oxygens (including phenoxy) is 4. The normalized spacial score (nSPS) is 56.6. The molecule has 0 unspecified atom stereocenters. The summed E-state index contributed by atoms with van der Waals surface area (Å²) in [6, 6.07) is 0. The summed E-state index contributed by atoms with van der Waals surface area (Å²) in [5, 5.41) is 73.0. The highest BCUT2D eigenvalue weighted by Gasteiger charge is 2.71. The smallest absolute Gasteiger partial charge is 0.186 e. The van der Waals surface area contributed by atoms with Crippen LogP contribution in [0.2, 0.25) is 0 Å². The minimum absolute atomic E-state index is 0.0630. The van der Waals surface area contributed by atoms with E-state index in [2.05, 4.69) is 48.5 Å². The Bertz CT molecular complexity index is 1310. The van der Waals surface area contributed by atoms with E-state index in [1.54, 1.807) is 6.92 Å². The van der Waals surface area contributed by atoms with E-state index >= 15 is 0 Å². The zero-order valence-electron chi connectivity index (χ0n) is 33.6. The number of rotatable bonds is 7. The van der Waals surface area contributed by atoms with Crippen molar-refractivity contribution in [3.63, 3.8) is 0 Å². The molecule has 11 nitrogen and oxygen atoms in total. The van der Waals surface area contributed by atoms with E-state index in [1.165, 1.54) is 12.8 Å². The molecule has 0 aromatic rings. The largest absolute Gasteiger partial charge is 0.394 e. The fourth-order valence-corrected chi connectivity index (χ4v) is 14.7. The first-order valence-electron chi connectivity index (χ1n) is 21.0. The molecule has 7 fully saturated rings. The van der Waals surface area contributed by atoms with Crippen molar-refractivity contribution in [2.45, 2.75) is 187 Å². The average Bonchev–Trinajstić information content (AvgIpc) is 3.50. The summed E-state index contributed by atoms with van der Waals surface area (Å²) in [6.07, 6.45) is -0.985. The maximum absolute atomic E-state index is 10.8. The molecule has 0 aromatic heterocycles. The van der Waals surface area contributed by atoms with Gasteiger partial charge in [0, 0.05) is 0 Å². The van der Waals surface area contributed by atoms with Crippen LogP contribution in [0.4, 0.5) is 0 Å². The van der Waals surface area contributed by atoms with Crippen molar-refractivity contribution in [1.29, 1.82) is 0 Å². The highest BCUT2D eigenvalue weighted by Crippen LogP contribution is 2.77. The number of hydrogen-bond donors (Lipinski definition) is 7. The Labute approximate surface area is 317 Å². The fraction of sp³-hybridized carbons (Fsp3) is 1.00. The minimum atomic E-state index is -1.45. The summed E-state index contributed by atoms with van der Waals surface area (Å²) in [7, 11) is 0. The predicted molar refractivity (Wildman–Crippen MR) is 196 cm³/mol.